The van der Waals surface area contributed by atoms with Gasteiger partial charge in [0, 0.05) is 0 Å². The van der Waals surface area contributed by atoms with E-state index < -0.39 is 0 Å². The zero-order valence-corrected chi connectivity index (χ0v) is 7.69. The lowest BCUT2D eigenvalue weighted by atomic mass is 9.71. The molecule has 3 heteroatoms. The van der Waals surface area contributed by atoms with Crippen LogP contribution in [0.15, 0.2) is 0 Å². The quantitative estimate of drug-likeness (QED) is 0.467. The molecule has 6 atom stereocenters. The van der Waals surface area contributed by atoms with Gasteiger partial charge in [-0.05, 0) is 47.3 Å². The highest BCUT2D eigenvalue weighted by Gasteiger charge is 2.86. The number of hydrogen-bond acceptors (Lipinski definition) is 3. The summed E-state index contributed by atoms with van der Waals surface area (Å²) in [5.74, 6) is 2.94. The summed E-state index contributed by atoms with van der Waals surface area (Å²) < 4.78 is 0. The minimum Gasteiger partial charge on any atom is -0.393 e. The van der Waals surface area contributed by atoms with E-state index in [2.05, 4.69) is 0 Å². The molecule has 0 saturated heterocycles. The fraction of sp³-hybridized carbons (Fsp3) is 1.00. The molecule has 14 heavy (non-hydrogen) atoms. The molecule has 6 unspecified atom stereocenters. The summed E-state index contributed by atoms with van der Waals surface area (Å²) in [7, 11) is 0. The van der Waals surface area contributed by atoms with Gasteiger partial charge in [-0.3, -0.25) is 0 Å². The maximum Gasteiger partial charge on any atom is 0.0609 e. The van der Waals surface area contributed by atoms with Crippen molar-refractivity contribution in [2.24, 2.45) is 47.3 Å². The van der Waals surface area contributed by atoms with Gasteiger partial charge in [0.2, 0.25) is 0 Å². The SMILES string of the molecule is OC1C2C3C(O)C4C5C(O)C(C1C35)C24. The van der Waals surface area contributed by atoms with Gasteiger partial charge in [0.05, 0.1) is 18.3 Å². The van der Waals surface area contributed by atoms with Crippen molar-refractivity contribution >= 4 is 0 Å². The highest BCUT2D eigenvalue weighted by atomic mass is 16.3. The molecule has 6 bridgehead atoms. The Hall–Kier alpha value is -0.120. The van der Waals surface area contributed by atoms with E-state index >= 15 is 0 Å². The van der Waals surface area contributed by atoms with Crippen molar-refractivity contribution in [2.75, 3.05) is 0 Å². The summed E-state index contributed by atoms with van der Waals surface area (Å²) in [6, 6.07) is 0. The van der Waals surface area contributed by atoms with Crippen LogP contribution >= 0.6 is 0 Å². The van der Waals surface area contributed by atoms with Gasteiger partial charge in [-0.2, -0.15) is 0 Å². The van der Waals surface area contributed by atoms with Gasteiger partial charge in [-0.15, -0.1) is 0 Å². The van der Waals surface area contributed by atoms with Crippen LogP contribution < -0.4 is 0 Å². The summed E-state index contributed by atoms with van der Waals surface area (Å²) in [6.45, 7) is 0. The van der Waals surface area contributed by atoms with Gasteiger partial charge in [0.25, 0.3) is 0 Å². The molecule has 0 spiro atoms. The second kappa shape index (κ2) is 1.68. The van der Waals surface area contributed by atoms with Gasteiger partial charge < -0.3 is 15.3 Å². The topological polar surface area (TPSA) is 60.7 Å². The molecule has 0 aromatic rings. The highest BCUT2D eigenvalue weighted by Crippen LogP contribution is 2.82. The summed E-state index contributed by atoms with van der Waals surface area (Å²) in [5.41, 5.74) is 0. The van der Waals surface area contributed by atoms with Crippen molar-refractivity contribution < 1.29 is 15.3 Å². The van der Waals surface area contributed by atoms with Crippen LogP contribution in [0.4, 0.5) is 0 Å². The fourth-order valence-electron chi connectivity index (χ4n) is 6.58. The molecule has 6 rings (SSSR count). The summed E-state index contributed by atoms with van der Waals surface area (Å²) in [6.07, 6.45) is -0.620. The first-order valence-electron chi connectivity index (χ1n) is 5.77. The summed E-state index contributed by atoms with van der Waals surface area (Å²) >= 11 is 0. The lowest BCUT2D eigenvalue weighted by molar-refractivity contribution is 0.0938. The van der Waals surface area contributed by atoms with Gasteiger partial charge in [-0.25, -0.2) is 0 Å². The van der Waals surface area contributed by atoms with Crippen molar-refractivity contribution in [1.29, 1.82) is 0 Å². The van der Waals surface area contributed by atoms with Crippen LogP contribution in [0, 0.1) is 47.3 Å². The first-order valence-corrected chi connectivity index (χ1v) is 5.77. The second-order valence-electron chi connectivity index (χ2n) is 6.09. The molecule has 6 aliphatic carbocycles. The molecule has 3 nitrogen and oxygen atoms in total. The Morgan fingerprint density at radius 2 is 0.571 bits per heavy atom. The van der Waals surface area contributed by atoms with Crippen LogP contribution in [0.5, 0.6) is 0 Å². The minimum atomic E-state index is -0.207. The number of aliphatic hydroxyl groups is 3. The molecule has 0 aromatic carbocycles. The van der Waals surface area contributed by atoms with Crippen LogP contribution in [0.2, 0.25) is 0 Å². The van der Waals surface area contributed by atoms with Crippen molar-refractivity contribution in [3.63, 3.8) is 0 Å². The van der Waals surface area contributed by atoms with Crippen molar-refractivity contribution in [3.05, 3.63) is 0 Å². The van der Waals surface area contributed by atoms with Crippen LogP contribution in [-0.4, -0.2) is 33.6 Å². The molecule has 6 aliphatic rings. The minimum absolute atomic E-state index is 0.207. The summed E-state index contributed by atoms with van der Waals surface area (Å²) in [4.78, 5) is 0. The van der Waals surface area contributed by atoms with E-state index in [4.69, 9.17) is 0 Å². The van der Waals surface area contributed by atoms with Gasteiger partial charge in [0.15, 0.2) is 0 Å². The van der Waals surface area contributed by atoms with Gasteiger partial charge in [-0.1, -0.05) is 0 Å². The smallest absolute Gasteiger partial charge is 0.0609 e. The standard InChI is InChI=1S/C11H14O3/c12-9-3-1-4-7(9)2-6(3)10(13)5(1)8(2)11(4)14/h1-14H. The molecule has 0 heterocycles. The molecule has 76 valence electrons. The maximum atomic E-state index is 10.1. The Labute approximate surface area is 81.7 Å². The van der Waals surface area contributed by atoms with E-state index in [-0.39, 0.29) is 18.3 Å². The third-order valence-corrected chi connectivity index (χ3v) is 6.37. The lowest BCUT2D eigenvalue weighted by Gasteiger charge is -2.31. The Kier molecular flexibility index (Phi) is 0.865. The van der Waals surface area contributed by atoms with Crippen molar-refractivity contribution in [1.82, 2.24) is 0 Å². The average molecular weight is 194 g/mol. The molecule has 6 saturated carbocycles. The molecule has 0 amide bonds. The third kappa shape index (κ3) is 0.392. The molecule has 0 radical (unpaired) electrons. The number of aliphatic hydroxyl groups excluding tert-OH is 3. The van der Waals surface area contributed by atoms with Crippen molar-refractivity contribution in [3.8, 4) is 0 Å². The second-order valence-corrected chi connectivity index (χ2v) is 6.09. The number of hydrogen-bond donors (Lipinski definition) is 3. The predicted octanol–water partition coefficient (Wildman–Crippen LogP) is -0.933. The largest absolute Gasteiger partial charge is 0.393 e. The predicted molar refractivity (Wildman–Crippen MR) is 45.9 cm³/mol. The molecule has 6 fully saturated rings. The van der Waals surface area contributed by atoms with E-state index in [9.17, 15) is 15.3 Å². The Morgan fingerprint density at radius 3 is 0.786 bits per heavy atom. The van der Waals surface area contributed by atoms with E-state index in [0.717, 1.165) is 0 Å². The number of rotatable bonds is 0. The molecule has 3 N–H and O–H groups in total. The summed E-state index contributed by atoms with van der Waals surface area (Å²) in [5, 5.41) is 30.4. The molecular formula is C11H14O3. The van der Waals surface area contributed by atoms with Crippen LogP contribution in [0.1, 0.15) is 0 Å². The monoisotopic (exact) mass is 194 g/mol. The molecule has 0 aliphatic heterocycles. The first-order chi connectivity index (χ1) is 6.73. The van der Waals surface area contributed by atoms with Crippen molar-refractivity contribution in [2.45, 2.75) is 18.3 Å². The maximum absolute atomic E-state index is 10.1. The van der Waals surface area contributed by atoms with Crippen LogP contribution in [0.25, 0.3) is 0 Å². The first kappa shape index (κ1) is 7.20. The van der Waals surface area contributed by atoms with E-state index in [1.165, 1.54) is 0 Å². The van der Waals surface area contributed by atoms with E-state index in [1.54, 1.807) is 0 Å². The van der Waals surface area contributed by atoms with Crippen LogP contribution in [0.3, 0.4) is 0 Å². The third-order valence-electron chi connectivity index (χ3n) is 6.37. The zero-order valence-electron chi connectivity index (χ0n) is 7.69. The zero-order chi connectivity index (χ0) is 9.35. The normalized spacial score (nSPS) is 85.5. The lowest BCUT2D eigenvalue weighted by Crippen LogP contribution is -2.30. The molecular weight excluding hydrogens is 180 g/mol. The van der Waals surface area contributed by atoms with E-state index in [1.807, 2.05) is 0 Å². The van der Waals surface area contributed by atoms with Crippen LogP contribution in [-0.2, 0) is 0 Å². The highest BCUT2D eigenvalue weighted by molar-refractivity contribution is 5.33. The van der Waals surface area contributed by atoms with Gasteiger partial charge >= 0.3 is 0 Å². The Bertz CT molecular complexity index is 261. The Morgan fingerprint density at radius 1 is 0.357 bits per heavy atom. The fourth-order valence-corrected chi connectivity index (χ4v) is 6.58. The van der Waals surface area contributed by atoms with E-state index in [0.29, 0.717) is 47.3 Å². The average Bonchev–Trinajstić information content (AvgIpc) is 2.86. The van der Waals surface area contributed by atoms with Gasteiger partial charge in [0.1, 0.15) is 0 Å². The molecule has 0 aromatic heterocycles. The Balaban J connectivity index is 1.83.